The minimum Gasteiger partial charge on any atom is -0.342 e. The monoisotopic (exact) mass is 349 g/mol. The van der Waals surface area contributed by atoms with Crippen LogP contribution in [-0.2, 0) is 11.3 Å². The van der Waals surface area contributed by atoms with Crippen LogP contribution in [0.15, 0.2) is 17.8 Å². The number of aromatic nitrogens is 3. The number of hydrogen-bond donors (Lipinski definition) is 1. The number of allylic oxidation sites excluding steroid dienone is 1. The van der Waals surface area contributed by atoms with Crippen molar-refractivity contribution in [2.45, 2.75) is 55.5 Å². The summed E-state index contributed by atoms with van der Waals surface area (Å²) in [5.41, 5.74) is 0. The third-order valence-electron chi connectivity index (χ3n) is 4.81. The molecule has 0 bridgehead atoms. The fourth-order valence-electron chi connectivity index (χ4n) is 3.47. The number of nitrogens with zero attached hydrogens (tertiary/aromatic N) is 4. The molecule has 1 atom stereocenters. The van der Waals surface area contributed by atoms with Gasteiger partial charge in [-0.15, -0.1) is 16.8 Å². The first-order valence-corrected chi connectivity index (χ1v) is 9.79. The first kappa shape index (κ1) is 17.5. The molecule has 1 aromatic rings. The van der Waals surface area contributed by atoms with Gasteiger partial charge in [-0.3, -0.25) is 4.79 Å². The molecule has 0 aromatic carbocycles. The number of amides is 1. The second-order valence-electron chi connectivity index (χ2n) is 6.56. The summed E-state index contributed by atoms with van der Waals surface area (Å²) >= 11 is 1.52. The number of nitrogens with one attached hydrogen (secondary N) is 1. The van der Waals surface area contributed by atoms with E-state index in [2.05, 4.69) is 26.7 Å². The van der Waals surface area contributed by atoms with E-state index in [-0.39, 0.29) is 11.2 Å². The van der Waals surface area contributed by atoms with E-state index >= 15 is 0 Å². The van der Waals surface area contributed by atoms with Crippen LogP contribution in [0.25, 0.3) is 0 Å². The number of rotatable bonds is 6. The quantitative estimate of drug-likeness (QED) is 0.629. The molecular weight excluding hydrogens is 322 g/mol. The Morgan fingerprint density at radius 1 is 1.38 bits per heavy atom. The molecule has 0 aliphatic carbocycles. The minimum absolute atomic E-state index is 0.128. The van der Waals surface area contributed by atoms with Crippen LogP contribution in [0.2, 0.25) is 0 Å². The zero-order chi connectivity index (χ0) is 16.9. The van der Waals surface area contributed by atoms with Gasteiger partial charge in [0, 0.05) is 25.6 Å². The summed E-state index contributed by atoms with van der Waals surface area (Å²) in [4.78, 5) is 14.5. The van der Waals surface area contributed by atoms with Gasteiger partial charge in [0.05, 0.1) is 5.25 Å². The van der Waals surface area contributed by atoms with Gasteiger partial charge >= 0.3 is 0 Å². The maximum Gasteiger partial charge on any atom is 0.235 e. The number of carbonyl (C=O) groups is 1. The van der Waals surface area contributed by atoms with Crippen molar-refractivity contribution in [3.05, 3.63) is 18.5 Å². The second-order valence-corrected chi connectivity index (χ2v) is 7.86. The van der Waals surface area contributed by atoms with Gasteiger partial charge in [0.1, 0.15) is 5.82 Å². The third-order valence-corrected chi connectivity index (χ3v) is 5.88. The predicted octanol–water partition coefficient (Wildman–Crippen LogP) is 2.03. The van der Waals surface area contributed by atoms with Gasteiger partial charge in [0.15, 0.2) is 5.16 Å². The highest BCUT2D eigenvalue weighted by atomic mass is 32.2. The van der Waals surface area contributed by atoms with Crippen LogP contribution in [-0.4, -0.2) is 57.0 Å². The molecule has 3 heterocycles. The summed E-state index contributed by atoms with van der Waals surface area (Å²) in [6.45, 7) is 10.4. The second kappa shape index (κ2) is 8.16. The Labute approximate surface area is 148 Å². The first-order valence-electron chi connectivity index (χ1n) is 8.91. The van der Waals surface area contributed by atoms with E-state index in [0.717, 1.165) is 62.8 Å². The summed E-state index contributed by atoms with van der Waals surface area (Å²) in [7, 11) is 0. The molecule has 7 heteroatoms. The van der Waals surface area contributed by atoms with Crippen LogP contribution in [0.5, 0.6) is 0 Å². The summed E-state index contributed by atoms with van der Waals surface area (Å²) in [5.74, 6) is 1.70. The maximum absolute atomic E-state index is 12.5. The van der Waals surface area contributed by atoms with Gasteiger partial charge in [-0.1, -0.05) is 17.8 Å². The van der Waals surface area contributed by atoms with Crippen molar-refractivity contribution < 1.29 is 4.79 Å². The molecule has 3 rings (SSSR count). The molecular formula is C17H27N5OS. The van der Waals surface area contributed by atoms with Gasteiger partial charge in [-0.05, 0) is 45.7 Å². The fourth-order valence-corrected chi connectivity index (χ4v) is 4.42. The molecule has 1 amide bonds. The van der Waals surface area contributed by atoms with Crippen molar-refractivity contribution in [2.24, 2.45) is 0 Å². The molecule has 24 heavy (non-hydrogen) atoms. The topological polar surface area (TPSA) is 63.1 Å². The lowest BCUT2D eigenvalue weighted by molar-refractivity contribution is -0.129. The highest BCUT2D eigenvalue weighted by Crippen LogP contribution is 2.30. The minimum atomic E-state index is -0.128. The Hall–Kier alpha value is -1.34. The Balaban J connectivity index is 1.73. The molecule has 132 valence electrons. The van der Waals surface area contributed by atoms with E-state index < -0.39 is 0 Å². The number of hydrogen-bond acceptors (Lipinski definition) is 5. The largest absolute Gasteiger partial charge is 0.342 e. The summed E-state index contributed by atoms with van der Waals surface area (Å²) in [5, 5.41) is 13.0. The SMILES string of the molecule is C=CCn1c(SC(C)C(=O)N2CCCC2)nnc1C1CCNCC1. The van der Waals surface area contributed by atoms with Gasteiger partial charge in [-0.2, -0.15) is 0 Å². The van der Waals surface area contributed by atoms with Crippen molar-refractivity contribution in [3.63, 3.8) is 0 Å². The Morgan fingerprint density at radius 3 is 2.75 bits per heavy atom. The smallest absolute Gasteiger partial charge is 0.235 e. The molecule has 1 N–H and O–H groups in total. The van der Waals surface area contributed by atoms with Crippen LogP contribution < -0.4 is 5.32 Å². The molecule has 0 saturated carbocycles. The van der Waals surface area contributed by atoms with Crippen LogP contribution in [0, 0.1) is 0 Å². The fraction of sp³-hybridized carbons (Fsp3) is 0.706. The molecule has 2 saturated heterocycles. The molecule has 0 spiro atoms. The molecule has 6 nitrogen and oxygen atoms in total. The highest BCUT2D eigenvalue weighted by molar-refractivity contribution is 8.00. The maximum atomic E-state index is 12.5. The first-order chi connectivity index (χ1) is 11.7. The summed E-state index contributed by atoms with van der Waals surface area (Å²) in [6.07, 6.45) is 6.29. The van der Waals surface area contributed by atoms with Gasteiger partial charge in [-0.25, -0.2) is 0 Å². The summed E-state index contributed by atoms with van der Waals surface area (Å²) in [6, 6.07) is 0. The zero-order valence-corrected chi connectivity index (χ0v) is 15.2. The van der Waals surface area contributed by atoms with Crippen molar-refractivity contribution in [2.75, 3.05) is 26.2 Å². The standard InChI is InChI=1S/C17H27N5OS/c1-3-10-22-15(14-6-8-18-9-7-14)19-20-17(22)24-13(2)16(23)21-11-4-5-12-21/h3,13-14,18H,1,4-12H2,2H3. The van der Waals surface area contributed by atoms with Crippen LogP contribution in [0.1, 0.15) is 44.3 Å². The van der Waals surface area contributed by atoms with E-state index in [1.54, 1.807) is 0 Å². The van der Waals surface area contributed by atoms with E-state index in [4.69, 9.17) is 0 Å². The van der Waals surface area contributed by atoms with E-state index in [0.29, 0.717) is 12.5 Å². The third kappa shape index (κ3) is 3.83. The van der Waals surface area contributed by atoms with E-state index in [9.17, 15) is 4.79 Å². The number of piperidine rings is 1. The van der Waals surface area contributed by atoms with Crippen LogP contribution in [0.3, 0.4) is 0 Å². The molecule has 2 fully saturated rings. The van der Waals surface area contributed by atoms with Gasteiger partial charge in [0.25, 0.3) is 0 Å². The molecule has 2 aliphatic rings. The molecule has 1 aromatic heterocycles. The average Bonchev–Trinajstić information content (AvgIpc) is 3.26. The number of thioether (sulfide) groups is 1. The van der Waals surface area contributed by atoms with E-state index in [1.165, 1.54) is 11.8 Å². The Bertz CT molecular complexity index is 576. The Morgan fingerprint density at radius 2 is 2.08 bits per heavy atom. The van der Waals surface area contributed by atoms with Crippen LogP contribution >= 0.6 is 11.8 Å². The Kier molecular flexibility index (Phi) is 5.94. The lowest BCUT2D eigenvalue weighted by Gasteiger charge is -2.23. The average molecular weight is 350 g/mol. The van der Waals surface area contributed by atoms with Crippen molar-refractivity contribution >= 4 is 17.7 Å². The van der Waals surface area contributed by atoms with Crippen molar-refractivity contribution in [1.82, 2.24) is 25.0 Å². The predicted molar refractivity (Wildman–Crippen MR) is 96.2 cm³/mol. The lowest BCUT2D eigenvalue weighted by atomic mass is 9.97. The van der Waals surface area contributed by atoms with Gasteiger partial charge < -0.3 is 14.8 Å². The number of carbonyl (C=O) groups excluding carboxylic acids is 1. The van der Waals surface area contributed by atoms with Crippen LogP contribution in [0.4, 0.5) is 0 Å². The molecule has 0 radical (unpaired) electrons. The van der Waals surface area contributed by atoms with Crippen molar-refractivity contribution in [3.8, 4) is 0 Å². The molecule has 2 aliphatic heterocycles. The normalized spacial score (nSPS) is 20.3. The van der Waals surface area contributed by atoms with E-state index in [1.807, 2.05) is 17.9 Å². The highest BCUT2D eigenvalue weighted by Gasteiger charge is 2.28. The molecule has 1 unspecified atom stereocenters. The van der Waals surface area contributed by atoms with Gasteiger partial charge in [0.2, 0.25) is 5.91 Å². The number of likely N-dealkylation sites (tertiary alicyclic amines) is 1. The summed E-state index contributed by atoms with van der Waals surface area (Å²) < 4.78 is 2.14. The van der Waals surface area contributed by atoms with Crippen molar-refractivity contribution in [1.29, 1.82) is 0 Å². The lowest BCUT2D eigenvalue weighted by Crippen LogP contribution is -2.34. The zero-order valence-electron chi connectivity index (χ0n) is 14.4.